The van der Waals surface area contributed by atoms with Gasteiger partial charge in [0.15, 0.2) is 0 Å². The minimum Gasteiger partial charge on any atom is -0.456 e. The Morgan fingerprint density at radius 2 is 2.58 bits per heavy atom. The molecule has 66 valence electrons. The Morgan fingerprint density at radius 3 is 3.17 bits per heavy atom. The van der Waals surface area contributed by atoms with E-state index in [1.165, 1.54) is 12.2 Å². The van der Waals surface area contributed by atoms with Crippen LogP contribution in [0.15, 0.2) is 0 Å². The van der Waals surface area contributed by atoms with Crippen LogP contribution in [0.25, 0.3) is 0 Å². The SMILES string of the molecule is CCOC(=O)C#CC1CCCS1. The van der Waals surface area contributed by atoms with Crippen molar-refractivity contribution < 1.29 is 9.53 Å². The van der Waals surface area contributed by atoms with Crippen LogP contribution in [0.3, 0.4) is 0 Å². The Balaban J connectivity index is 2.30. The summed E-state index contributed by atoms with van der Waals surface area (Å²) in [6, 6.07) is 0. The Hall–Kier alpha value is -0.620. The number of ether oxygens (including phenoxy) is 1. The molecule has 0 saturated carbocycles. The molecule has 1 atom stereocenters. The molecule has 0 spiro atoms. The summed E-state index contributed by atoms with van der Waals surface area (Å²) in [5.41, 5.74) is 0. The molecule has 1 rings (SSSR count). The van der Waals surface area contributed by atoms with Gasteiger partial charge in [-0.1, -0.05) is 5.92 Å². The molecule has 3 heteroatoms. The third kappa shape index (κ3) is 3.19. The molecule has 1 fully saturated rings. The smallest absolute Gasteiger partial charge is 0.384 e. The highest BCUT2D eigenvalue weighted by Crippen LogP contribution is 2.24. The summed E-state index contributed by atoms with van der Waals surface area (Å²) in [6.45, 7) is 2.19. The largest absolute Gasteiger partial charge is 0.456 e. The zero-order valence-electron chi connectivity index (χ0n) is 7.13. The molecular formula is C9H12O2S. The number of carbonyl (C=O) groups excluding carboxylic acids is 1. The van der Waals surface area contributed by atoms with E-state index in [1.54, 1.807) is 6.92 Å². The van der Waals surface area contributed by atoms with E-state index in [4.69, 9.17) is 0 Å². The number of hydrogen-bond acceptors (Lipinski definition) is 3. The third-order valence-corrected chi connectivity index (χ3v) is 2.82. The minimum atomic E-state index is -0.398. The first-order valence-electron chi connectivity index (χ1n) is 4.13. The van der Waals surface area contributed by atoms with Crippen molar-refractivity contribution in [2.24, 2.45) is 0 Å². The van der Waals surface area contributed by atoms with Crippen LogP contribution in [-0.2, 0) is 9.53 Å². The second-order valence-corrected chi connectivity index (χ2v) is 3.80. The molecule has 0 aliphatic carbocycles. The second-order valence-electron chi connectivity index (χ2n) is 2.49. The van der Waals surface area contributed by atoms with Crippen LogP contribution in [0.1, 0.15) is 19.8 Å². The zero-order chi connectivity index (χ0) is 8.81. The zero-order valence-corrected chi connectivity index (χ0v) is 7.95. The maximum Gasteiger partial charge on any atom is 0.384 e. The number of carbonyl (C=O) groups is 1. The van der Waals surface area contributed by atoms with Crippen molar-refractivity contribution in [3.8, 4) is 11.8 Å². The van der Waals surface area contributed by atoms with E-state index < -0.39 is 5.97 Å². The van der Waals surface area contributed by atoms with Gasteiger partial charge in [0, 0.05) is 5.92 Å². The average molecular weight is 184 g/mol. The van der Waals surface area contributed by atoms with Gasteiger partial charge in [-0.2, -0.15) is 0 Å². The highest BCUT2D eigenvalue weighted by Gasteiger charge is 2.12. The number of rotatable bonds is 1. The lowest BCUT2D eigenvalue weighted by Crippen LogP contribution is -2.01. The number of esters is 1. The van der Waals surface area contributed by atoms with Crippen LogP contribution >= 0.6 is 11.8 Å². The molecule has 0 N–H and O–H groups in total. The topological polar surface area (TPSA) is 26.3 Å². The predicted octanol–water partition coefficient (Wildman–Crippen LogP) is 1.45. The molecule has 0 amide bonds. The van der Waals surface area contributed by atoms with Crippen molar-refractivity contribution >= 4 is 17.7 Å². The molecule has 1 aliphatic heterocycles. The summed E-state index contributed by atoms with van der Waals surface area (Å²) < 4.78 is 4.68. The second kappa shape index (κ2) is 5.10. The summed E-state index contributed by atoms with van der Waals surface area (Å²) in [5.74, 6) is 6.17. The Labute approximate surface area is 77.1 Å². The van der Waals surface area contributed by atoms with Crippen molar-refractivity contribution in [2.45, 2.75) is 25.0 Å². The van der Waals surface area contributed by atoms with Crippen molar-refractivity contribution in [2.75, 3.05) is 12.4 Å². The van der Waals surface area contributed by atoms with Gasteiger partial charge in [0.05, 0.1) is 11.9 Å². The van der Waals surface area contributed by atoms with Gasteiger partial charge in [-0.15, -0.1) is 11.8 Å². The van der Waals surface area contributed by atoms with E-state index >= 15 is 0 Å². The number of hydrogen-bond donors (Lipinski definition) is 0. The minimum absolute atomic E-state index is 0.356. The van der Waals surface area contributed by atoms with E-state index in [2.05, 4.69) is 16.6 Å². The van der Waals surface area contributed by atoms with Gasteiger partial charge in [0.25, 0.3) is 0 Å². The van der Waals surface area contributed by atoms with E-state index in [1.807, 2.05) is 11.8 Å². The van der Waals surface area contributed by atoms with Gasteiger partial charge in [-0.3, -0.25) is 0 Å². The molecule has 1 heterocycles. The summed E-state index contributed by atoms with van der Waals surface area (Å²) in [5, 5.41) is 0.356. The molecule has 0 aromatic heterocycles. The van der Waals surface area contributed by atoms with E-state index in [-0.39, 0.29) is 0 Å². The quantitative estimate of drug-likeness (QED) is 0.350. The van der Waals surface area contributed by atoms with Gasteiger partial charge < -0.3 is 4.74 Å². The average Bonchev–Trinajstić information content (AvgIpc) is 2.53. The molecule has 12 heavy (non-hydrogen) atoms. The monoisotopic (exact) mass is 184 g/mol. The van der Waals surface area contributed by atoms with E-state index in [9.17, 15) is 4.79 Å². The highest BCUT2D eigenvalue weighted by molar-refractivity contribution is 8.00. The van der Waals surface area contributed by atoms with Gasteiger partial charge >= 0.3 is 5.97 Å². The molecule has 0 radical (unpaired) electrons. The third-order valence-electron chi connectivity index (χ3n) is 1.54. The maximum absolute atomic E-state index is 10.8. The molecule has 1 unspecified atom stereocenters. The van der Waals surface area contributed by atoms with Crippen LogP contribution in [0, 0.1) is 11.8 Å². The van der Waals surface area contributed by atoms with E-state index in [0.29, 0.717) is 11.9 Å². The Kier molecular flexibility index (Phi) is 4.02. The van der Waals surface area contributed by atoms with Gasteiger partial charge in [0.1, 0.15) is 0 Å². The molecule has 1 saturated heterocycles. The van der Waals surface area contributed by atoms with Gasteiger partial charge in [-0.05, 0) is 25.5 Å². The van der Waals surface area contributed by atoms with Crippen molar-refractivity contribution in [3.05, 3.63) is 0 Å². The van der Waals surface area contributed by atoms with Crippen LogP contribution in [0.5, 0.6) is 0 Å². The van der Waals surface area contributed by atoms with E-state index in [0.717, 1.165) is 6.42 Å². The molecular weight excluding hydrogens is 172 g/mol. The highest BCUT2D eigenvalue weighted by atomic mass is 32.2. The molecule has 0 bridgehead atoms. The standard InChI is InChI=1S/C9H12O2S/c1-2-11-9(10)6-5-8-4-3-7-12-8/h8H,2-4,7H2,1H3. The normalized spacial score (nSPS) is 21.2. The fourth-order valence-electron chi connectivity index (χ4n) is 0.998. The summed E-state index contributed by atoms with van der Waals surface area (Å²) in [4.78, 5) is 10.8. The summed E-state index contributed by atoms with van der Waals surface area (Å²) >= 11 is 1.82. The first-order chi connectivity index (χ1) is 5.83. The molecule has 0 aromatic rings. The lowest BCUT2D eigenvalue weighted by molar-refractivity contribution is -0.136. The van der Waals surface area contributed by atoms with Crippen LogP contribution < -0.4 is 0 Å². The first kappa shape index (κ1) is 9.47. The molecule has 2 nitrogen and oxygen atoms in total. The van der Waals surface area contributed by atoms with Crippen LogP contribution in [0.2, 0.25) is 0 Å². The number of thioether (sulfide) groups is 1. The predicted molar refractivity (Wildman–Crippen MR) is 49.9 cm³/mol. The summed E-state index contributed by atoms with van der Waals surface area (Å²) in [6.07, 6.45) is 2.32. The lowest BCUT2D eigenvalue weighted by Gasteiger charge is -1.95. The fourth-order valence-corrected chi connectivity index (χ4v) is 2.09. The molecule has 1 aliphatic rings. The van der Waals surface area contributed by atoms with Gasteiger partial charge in [-0.25, -0.2) is 4.79 Å². The van der Waals surface area contributed by atoms with Gasteiger partial charge in [0.2, 0.25) is 0 Å². The maximum atomic E-state index is 10.8. The van der Waals surface area contributed by atoms with Crippen molar-refractivity contribution in [1.29, 1.82) is 0 Å². The molecule has 0 aromatic carbocycles. The Bertz CT molecular complexity index is 208. The fraction of sp³-hybridized carbons (Fsp3) is 0.667. The lowest BCUT2D eigenvalue weighted by atomic mass is 10.2. The first-order valence-corrected chi connectivity index (χ1v) is 5.17. The van der Waals surface area contributed by atoms with Crippen molar-refractivity contribution in [1.82, 2.24) is 0 Å². The van der Waals surface area contributed by atoms with Crippen LogP contribution in [-0.4, -0.2) is 23.6 Å². The summed E-state index contributed by atoms with van der Waals surface area (Å²) in [7, 11) is 0. The van der Waals surface area contributed by atoms with Crippen LogP contribution in [0.4, 0.5) is 0 Å². The van der Waals surface area contributed by atoms with Crippen molar-refractivity contribution in [3.63, 3.8) is 0 Å². The Morgan fingerprint density at radius 1 is 1.75 bits per heavy atom.